The third kappa shape index (κ3) is 12.8. The van der Waals surface area contributed by atoms with Crippen LogP contribution in [0.1, 0.15) is 85.8 Å². The summed E-state index contributed by atoms with van der Waals surface area (Å²) in [5.74, 6) is -3.39. The number of rotatable bonds is 17. The molecular formula is C40H58N6O8. The van der Waals surface area contributed by atoms with Crippen molar-refractivity contribution in [2.24, 2.45) is 11.7 Å². The van der Waals surface area contributed by atoms with Crippen LogP contribution < -0.4 is 21.7 Å². The fourth-order valence-electron chi connectivity index (χ4n) is 6.24. The van der Waals surface area contributed by atoms with Gasteiger partial charge in [-0.25, -0.2) is 9.59 Å². The highest BCUT2D eigenvalue weighted by Crippen LogP contribution is 2.25. The van der Waals surface area contributed by atoms with Crippen molar-refractivity contribution in [1.29, 1.82) is 0 Å². The molecule has 0 saturated heterocycles. The molecule has 0 spiro atoms. The van der Waals surface area contributed by atoms with Gasteiger partial charge in [0, 0.05) is 35.6 Å². The number of nitrogens with zero attached hydrogens (tertiary/aromatic N) is 1. The van der Waals surface area contributed by atoms with Crippen molar-refractivity contribution in [2.75, 3.05) is 6.54 Å². The first kappa shape index (κ1) is 43.3. The van der Waals surface area contributed by atoms with E-state index >= 15 is 0 Å². The van der Waals surface area contributed by atoms with E-state index in [1.54, 1.807) is 73.7 Å². The normalized spacial score (nSPS) is 14.1. The minimum atomic E-state index is -1.19. The van der Waals surface area contributed by atoms with Crippen molar-refractivity contribution < 1.29 is 38.9 Å². The number of fused-ring (bicyclic) bond motifs is 1. The highest BCUT2D eigenvalue weighted by Gasteiger charge is 2.42. The summed E-state index contributed by atoms with van der Waals surface area (Å²) >= 11 is 0. The second-order valence-electron chi connectivity index (χ2n) is 16.0. The second kappa shape index (κ2) is 18.8. The van der Waals surface area contributed by atoms with Crippen molar-refractivity contribution >= 4 is 40.7 Å². The number of amides is 4. The van der Waals surface area contributed by atoms with E-state index in [1.165, 1.54) is 17.0 Å². The van der Waals surface area contributed by atoms with Crippen LogP contribution in [0.5, 0.6) is 5.75 Å². The van der Waals surface area contributed by atoms with Gasteiger partial charge in [-0.3, -0.25) is 14.4 Å². The fraction of sp³-hybridized carbons (Fsp3) is 0.525. The summed E-state index contributed by atoms with van der Waals surface area (Å²) in [5.41, 5.74) is 6.99. The van der Waals surface area contributed by atoms with Crippen LogP contribution in [0.2, 0.25) is 0 Å². The van der Waals surface area contributed by atoms with Gasteiger partial charge in [0.1, 0.15) is 29.5 Å². The molecule has 3 aromatic rings. The maximum Gasteiger partial charge on any atom is 0.407 e. The molecule has 296 valence electrons. The molecule has 1 heterocycles. The maximum absolute atomic E-state index is 14.5. The van der Waals surface area contributed by atoms with E-state index < -0.39 is 71.0 Å². The van der Waals surface area contributed by atoms with Crippen molar-refractivity contribution in [2.45, 2.75) is 123 Å². The van der Waals surface area contributed by atoms with Crippen LogP contribution in [0.25, 0.3) is 10.9 Å². The molecule has 0 aliphatic carbocycles. The number of carbonyl (C=O) groups is 5. The van der Waals surface area contributed by atoms with E-state index in [1.807, 2.05) is 24.3 Å². The molecular weight excluding hydrogens is 692 g/mol. The number of carboxylic acid groups (broad SMARTS) is 1. The van der Waals surface area contributed by atoms with Crippen molar-refractivity contribution in [1.82, 2.24) is 25.8 Å². The number of unbranched alkanes of at least 4 members (excludes halogenated alkanes) is 1. The van der Waals surface area contributed by atoms with Crippen molar-refractivity contribution in [3.63, 3.8) is 0 Å². The van der Waals surface area contributed by atoms with Crippen molar-refractivity contribution in [3.8, 4) is 5.75 Å². The number of aromatic hydroxyl groups is 1. The molecule has 4 atom stereocenters. The number of carbonyl (C=O) groups excluding carboxylic acids is 4. The summed E-state index contributed by atoms with van der Waals surface area (Å²) < 4.78 is 5.30. The zero-order valence-corrected chi connectivity index (χ0v) is 32.7. The molecule has 54 heavy (non-hydrogen) atoms. The number of carboxylic acids is 1. The van der Waals surface area contributed by atoms with Crippen molar-refractivity contribution in [3.05, 3.63) is 65.9 Å². The van der Waals surface area contributed by atoms with Gasteiger partial charge in [-0.15, -0.1) is 0 Å². The molecule has 14 nitrogen and oxygen atoms in total. The molecule has 0 saturated carbocycles. The standard InChI is InChI=1S/C40H58N6O8/c1-24(2)33(37(51)52)46(39(3,4)5)36(50)31(15-11-12-20-42-38(53)54-40(6,7)8)44-35(49)32(22-26-23-43-30-14-10-9-13-28(26)30)45-34(48)29(41)21-25-16-18-27(47)19-17-25/h9-10,13-14,16-19,23-24,29,31-33,43,47H,11-12,15,20-22,41H2,1-8H3,(H,42,53)(H,44,49)(H,45,48)(H,51,52)/t29-,31-,32+,33-/m0/s1. The van der Waals surface area contributed by atoms with Gasteiger partial charge in [-0.1, -0.05) is 44.2 Å². The van der Waals surface area contributed by atoms with Gasteiger partial charge in [-0.05, 0) is 102 Å². The lowest BCUT2D eigenvalue weighted by molar-refractivity contribution is -0.159. The van der Waals surface area contributed by atoms with Crippen LogP contribution in [0.15, 0.2) is 54.7 Å². The average molecular weight is 751 g/mol. The Bertz CT molecular complexity index is 1740. The summed E-state index contributed by atoms with van der Waals surface area (Å²) in [4.78, 5) is 71.6. The highest BCUT2D eigenvalue weighted by molar-refractivity contribution is 5.95. The number of aromatic nitrogens is 1. The van der Waals surface area contributed by atoms with E-state index in [-0.39, 0.29) is 31.6 Å². The molecule has 0 aliphatic heterocycles. The predicted octanol–water partition coefficient (Wildman–Crippen LogP) is 4.39. The predicted molar refractivity (Wildman–Crippen MR) is 207 cm³/mol. The van der Waals surface area contributed by atoms with Gasteiger partial charge in [0.25, 0.3) is 0 Å². The minimum absolute atomic E-state index is 0.0565. The third-order valence-corrected chi connectivity index (χ3v) is 8.79. The number of hydrogen-bond acceptors (Lipinski definition) is 8. The molecule has 0 unspecified atom stereocenters. The Kier molecular flexibility index (Phi) is 15.1. The van der Waals surface area contributed by atoms with E-state index in [2.05, 4.69) is 20.9 Å². The maximum atomic E-state index is 14.5. The quantitative estimate of drug-likeness (QED) is 0.0973. The number of nitrogens with one attached hydrogen (secondary N) is 4. The van der Waals surface area contributed by atoms with Gasteiger partial charge < -0.3 is 46.5 Å². The highest BCUT2D eigenvalue weighted by atomic mass is 16.6. The molecule has 2 aromatic carbocycles. The Morgan fingerprint density at radius 1 is 0.870 bits per heavy atom. The van der Waals surface area contributed by atoms with Crippen LogP contribution in [0.3, 0.4) is 0 Å². The molecule has 1 aromatic heterocycles. The minimum Gasteiger partial charge on any atom is -0.508 e. The monoisotopic (exact) mass is 750 g/mol. The number of aromatic amines is 1. The number of nitrogens with two attached hydrogens (primary N) is 1. The number of alkyl carbamates (subject to hydrolysis) is 1. The first-order valence-electron chi connectivity index (χ1n) is 18.4. The Balaban J connectivity index is 1.93. The molecule has 3 rings (SSSR count). The van der Waals surface area contributed by atoms with Gasteiger partial charge in [0.05, 0.1) is 6.04 Å². The zero-order valence-electron chi connectivity index (χ0n) is 32.7. The van der Waals surface area contributed by atoms with E-state index in [0.29, 0.717) is 18.4 Å². The Morgan fingerprint density at radius 2 is 1.50 bits per heavy atom. The average Bonchev–Trinajstić information content (AvgIpc) is 3.47. The number of hydrogen-bond donors (Lipinski definition) is 7. The number of aliphatic carboxylic acids is 1. The smallest absolute Gasteiger partial charge is 0.407 e. The summed E-state index contributed by atoms with van der Waals surface area (Å²) in [6.45, 7) is 14.2. The first-order valence-corrected chi connectivity index (χ1v) is 18.4. The van der Waals surface area contributed by atoms with Crippen LogP contribution in [0, 0.1) is 5.92 Å². The topological polar surface area (TPSA) is 216 Å². The largest absolute Gasteiger partial charge is 0.508 e. The van der Waals surface area contributed by atoms with Crippen LogP contribution >= 0.6 is 0 Å². The Hall–Kier alpha value is -5.11. The zero-order chi connectivity index (χ0) is 40.4. The van der Waals surface area contributed by atoms with Crippen LogP contribution in [-0.4, -0.2) is 91.7 Å². The molecule has 8 N–H and O–H groups in total. The van der Waals surface area contributed by atoms with Gasteiger partial charge in [0.15, 0.2) is 0 Å². The number of phenolic OH excluding ortho intramolecular Hbond substituents is 1. The third-order valence-electron chi connectivity index (χ3n) is 8.79. The first-order chi connectivity index (χ1) is 25.2. The molecule has 4 amide bonds. The molecule has 0 aliphatic rings. The summed E-state index contributed by atoms with van der Waals surface area (Å²) in [6.07, 6.45) is 2.30. The lowest BCUT2D eigenvalue weighted by Crippen LogP contribution is -2.63. The number of benzene rings is 2. The van der Waals surface area contributed by atoms with E-state index in [9.17, 15) is 34.2 Å². The summed E-state index contributed by atoms with van der Waals surface area (Å²) in [7, 11) is 0. The molecule has 0 fully saturated rings. The lowest BCUT2D eigenvalue weighted by atomic mass is 9.93. The second-order valence-corrected chi connectivity index (χ2v) is 16.0. The van der Waals surface area contributed by atoms with Gasteiger partial charge in [0.2, 0.25) is 17.7 Å². The lowest BCUT2D eigenvalue weighted by Gasteiger charge is -2.43. The number of ether oxygens (including phenoxy) is 1. The van der Waals surface area contributed by atoms with Crippen LogP contribution in [-0.2, 0) is 36.8 Å². The fourth-order valence-corrected chi connectivity index (χ4v) is 6.24. The summed E-state index contributed by atoms with van der Waals surface area (Å²) in [5, 5.41) is 29.1. The number of phenols is 1. The SMILES string of the molecule is CC(C)[C@@H](C(=O)O)N(C(=O)[C@H](CCCCNC(=O)OC(C)(C)C)NC(=O)[C@@H](Cc1c[nH]c2ccccc12)NC(=O)[C@@H](N)Cc1ccc(O)cc1)C(C)(C)C. The molecule has 0 bridgehead atoms. The van der Waals surface area contributed by atoms with Gasteiger partial charge >= 0.3 is 12.1 Å². The Morgan fingerprint density at radius 3 is 2.09 bits per heavy atom. The van der Waals surface area contributed by atoms with E-state index in [0.717, 1.165) is 16.5 Å². The Labute approximate surface area is 317 Å². The molecule has 0 radical (unpaired) electrons. The van der Waals surface area contributed by atoms with Gasteiger partial charge in [-0.2, -0.15) is 0 Å². The molecule has 14 heteroatoms. The van der Waals surface area contributed by atoms with E-state index in [4.69, 9.17) is 10.5 Å². The van der Waals surface area contributed by atoms with Crippen LogP contribution in [0.4, 0.5) is 4.79 Å². The number of H-pyrrole nitrogens is 1. The number of para-hydroxylation sites is 1. The summed E-state index contributed by atoms with van der Waals surface area (Å²) in [6, 6.07) is 9.24.